The lowest BCUT2D eigenvalue weighted by Crippen LogP contribution is -2.39. The zero-order chi connectivity index (χ0) is 24.5. The standard InChI is InChI=1S/C29H26BrNO4/c1-3-16-35-25-15-10-18(17-26(25)34-2)27-28-21(6-4-8-23(28)32)31(20-13-11-19(30)12-14-20)22-7-5-9-24(33)29(22)27/h1,10-15,17,27H,4-9,16H2,2H3. The van der Waals surface area contributed by atoms with Gasteiger partial charge in [0.15, 0.2) is 23.1 Å². The van der Waals surface area contributed by atoms with E-state index in [0.29, 0.717) is 24.3 Å². The predicted octanol–water partition coefficient (Wildman–Crippen LogP) is 6.09. The monoisotopic (exact) mass is 531 g/mol. The predicted molar refractivity (Wildman–Crippen MR) is 138 cm³/mol. The molecule has 0 radical (unpaired) electrons. The summed E-state index contributed by atoms with van der Waals surface area (Å²) in [4.78, 5) is 29.2. The maximum atomic E-state index is 13.5. The van der Waals surface area contributed by atoms with Crippen molar-refractivity contribution in [2.45, 2.75) is 44.4 Å². The summed E-state index contributed by atoms with van der Waals surface area (Å²) in [7, 11) is 1.57. The number of anilines is 1. The molecule has 0 aromatic heterocycles. The SMILES string of the molecule is C#CCOc1ccc(C2C3=C(CCCC3=O)N(c3ccc(Br)cc3)C3=C2C(=O)CCC3)cc1OC. The Bertz CT molecular complexity index is 1250. The molecule has 3 aliphatic rings. The Hall–Kier alpha value is -3.30. The summed E-state index contributed by atoms with van der Waals surface area (Å²) in [6.07, 6.45) is 9.51. The topological polar surface area (TPSA) is 55.8 Å². The Labute approximate surface area is 213 Å². The Morgan fingerprint density at radius 3 is 2.14 bits per heavy atom. The molecule has 0 spiro atoms. The largest absolute Gasteiger partial charge is 0.493 e. The van der Waals surface area contributed by atoms with E-state index in [2.05, 4.69) is 26.8 Å². The third-order valence-corrected chi connectivity index (χ3v) is 7.42. The van der Waals surface area contributed by atoms with Gasteiger partial charge in [0, 0.05) is 51.5 Å². The molecule has 2 aliphatic carbocycles. The lowest BCUT2D eigenvalue weighted by atomic mass is 9.71. The van der Waals surface area contributed by atoms with Gasteiger partial charge in [-0.3, -0.25) is 9.59 Å². The number of carbonyl (C=O) groups is 2. The van der Waals surface area contributed by atoms with E-state index in [9.17, 15) is 9.59 Å². The molecular formula is C29H26BrNO4. The number of terminal acetylenes is 1. The molecule has 0 saturated carbocycles. The molecule has 1 heterocycles. The molecule has 5 rings (SSSR count). The first-order chi connectivity index (χ1) is 17.0. The highest BCUT2D eigenvalue weighted by molar-refractivity contribution is 9.10. The van der Waals surface area contributed by atoms with Crippen LogP contribution in [0.25, 0.3) is 0 Å². The first-order valence-electron chi connectivity index (χ1n) is 11.9. The molecule has 5 nitrogen and oxygen atoms in total. The minimum Gasteiger partial charge on any atom is -0.493 e. The summed E-state index contributed by atoms with van der Waals surface area (Å²) >= 11 is 3.52. The quantitative estimate of drug-likeness (QED) is 0.437. The zero-order valence-corrected chi connectivity index (χ0v) is 21.2. The van der Waals surface area contributed by atoms with Gasteiger partial charge in [-0.15, -0.1) is 6.42 Å². The smallest absolute Gasteiger partial charge is 0.162 e. The van der Waals surface area contributed by atoms with Gasteiger partial charge in [-0.1, -0.05) is 27.9 Å². The average Bonchev–Trinajstić information content (AvgIpc) is 2.87. The van der Waals surface area contributed by atoms with Gasteiger partial charge in [0.1, 0.15) is 6.61 Å². The van der Waals surface area contributed by atoms with Crippen LogP contribution in [0.3, 0.4) is 0 Å². The van der Waals surface area contributed by atoms with Crippen LogP contribution in [0.15, 0.2) is 69.5 Å². The second kappa shape index (κ2) is 9.75. The Balaban J connectivity index is 1.72. The second-order valence-electron chi connectivity index (χ2n) is 8.92. The van der Waals surface area contributed by atoms with Gasteiger partial charge in [-0.05, 0) is 67.6 Å². The van der Waals surface area contributed by atoms with Crippen LogP contribution in [0.4, 0.5) is 5.69 Å². The van der Waals surface area contributed by atoms with Crippen LogP contribution in [0.1, 0.15) is 50.0 Å². The number of hydrogen-bond acceptors (Lipinski definition) is 5. The van der Waals surface area contributed by atoms with Crippen LogP contribution in [0, 0.1) is 12.3 Å². The lowest BCUT2D eigenvalue weighted by molar-refractivity contribution is -0.116. The zero-order valence-electron chi connectivity index (χ0n) is 19.6. The van der Waals surface area contributed by atoms with Gasteiger partial charge in [-0.25, -0.2) is 0 Å². The van der Waals surface area contributed by atoms with Crippen molar-refractivity contribution >= 4 is 33.2 Å². The van der Waals surface area contributed by atoms with Gasteiger partial charge in [-0.2, -0.15) is 0 Å². The van der Waals surface area contributed by atoms with E-state index in [1.807, 2.05) is 42.5 Å². The minimum atomic E-state index is -0.414. The molecule has 6 heteroatoms. The molecule has 35 heavy (non-hydrogen) atoms. The van der Waals surface area contributed by atoms with Crippen LogP contribution in [0.5, 0.6) is 11.5 Å². The third kappa shape index (κ3) is 4.19. The number of rotatable bonds is 5. The molecule has 2 aromatic rings. The number of Topliss-reactive ketones (excluding diaryl/α,β-unsaturated/α-hetero) is 2. The van der Waals surface area contributed by atoms with Gasteiger partial charge in [0.25, 0.3) is 0 Å². The highest BCUT2D eigenvalue weighted by Gasteiger charge is 2.43. The number of allylic oxidation sites excluding steroid dienone is 4. The van der Waals surface area contributed by atoms with Crippen molar-refractivity contribution in [1.29, 1.82) is 0 Å². The number of ketones is 2. The van der Waals surface area contributed by atoms with E-state index < -0.39 is 5.92 Å². The maximum Gasteiger partial charge on any atom is 0.162 e. The van der Waals surface area contributed by atoms with Crippen molar-refractivity contribution in [1.82, 2.24) is 0 Å². The van der Waals surface area contributed by atoms with Crippen molar-refractivity contribution < 1.29 is 19.1 Å². The first kappa shape index (κ1) is 23.4. The van der Waals surface area contributed by atoms with E-state index in [4.69, 9.17) is 15.9 Å². The number of hydrogen-bond donors (Lipinski definition) is 0. The van der Waals surface area contributed by atoms with Crippen molar-refractivity contribution in [3.63, 3.8) is 0 Å². The summed E-state index contributed by atoms with van der Waals surface area (Å²) in [5.74, 6) is 3.33. The van der Waals surface area contributed by atoms with E-state index in [0.717, 1.165) is 63.9 Å². The van der Waals surface area contributed by atoms with E-state index in [1.165, 1.54) is 0 Å². The fraction of sp³-hybridized carbons (Fsp3) is 0.310. The summed E-state index contributed by atoms with van der Waals surface area (Å²) in [5, 5.41) is 0. The van der Waals surface area contributed by atoms with Gasteiger partial charge in [0.2, 0.25) is 0 Å². The molecular weight excluding hydrogens is 506 g/mol. The summed E-state index contributed by atoms with van der Waals surface area (Å²) < 4.78 is 12.2. The van der Waals surface area contributed by atoms with E-state index >= 15 is 0 Å². The van der Waals surface area contributed by atoms with Crippen molar-refractivity contribution in [3.8, 4) is 23.8 Å². The molecule has 0 unspecified atom stereocenters. The van der Waals surface area contributed by atoms with Crippen LogP contribution in [-0.2, 0) is 9.59 Å². The highest BCUT2D eigenvalue weighted by atomic mass is 79.9. The minimum absolute atomic E-state index is 0.106. The number of halogens is 1. The fourth-order valence-electron chi connectivity index (χ4n) is 5.46. The molecule has 0 N–H and O–H groups in total. The molecule has 2 aromatic carbocycles. The van der Waals surface area contributed by atoms with Crippen molar-refractivity contribution in [2.75, 3.05) is 18.6 Å². The molecule has 0 saturated heterocycles. The number of methoxy groups -OCH3 is 1. The van der Waals surface area contributed by atoms with Gasteiger partial charge < -0.3 is 14.4 Å². The van der Waals surface area contributed by atoms with Crippen LogP contribution in [-0.4, -0.2) is 25.3 Å². The number of benzene rings is 2. The molecule has 1 aliphatic heterocycles. The summed E-state index contributed by atoms with van der Waals surface area (Å²) in [5.41, 5.74) is 5.31. The lowest BCUT2D eigenvalue weighted by Gasteiger charge is -2.44. The summed E-state index contributed by atoms with van der Waals surface area (Å²) in [6, 6.07) is 13.7. The highest BCUT2D eigenvalue weighted by Crippen LogP contribution is 2.51. The molecule has 0 fully saturated rings. The number of carbonyl (C=O) groups excluding carboxylic acids is 2. The average molecular weight is 532 g/mol. The van der Waals surface area contributed by atoms with Crippen LogP contribution < -0.4 is 14.4 Å². The molecule has 0 amide bonds. The van der Waals surface area contributed by atoms with Gasteiger partial charge >= 0.3 is 0 Å². The fourth-order valence-corrected chi connectivity index (χ4v) is 5.72. The summed E-state index contributed by atoms with van der Waals surface area (Å²) in [6.45, 7) is 0.128. The number of ether oxygens (including phenoxy) is 2. The number of nitrogens with zero attached hydrogens (tertiary/aromatic N) is 1. The van der Waals surface area contributed by atoms with E-state index in [1.54, 1.807) is 7.11 Å². The van der Waals surface area contributed by atoms with E-state index in [-0.39, 0.29) is 18.2 Å². The van der Waals surface area contributed by atoms with Crippen molar-refractivity contribution in [2.24, 2.45) is 0 Å². The Morgan fingerprint density at radius 1 is 0.943 bits per heavy atom. The molecule has 178 valence electrons. The molecule has 0 atom stereocenters. The first-order valence-corrected chi connectivity index (χ1v) is 12.6. The Kier molecular flexibility index (Phi) is 6.53. The van der Waals surface area contributed by atoms with Crippen LogP contribution >= 0.6 is 15.9 Å². The van der Waals surface area contributed by atoms with Gasteiger partial charge in [0.05, 0.1) is 7.11 Å². The molecule has 0 bridgehead atoms. The normalized spacial score (nSPS) is 18.3. The Morgan fingerprint density at radius 2 is 1.57 bits per heavy atom. The van der Waals surface area contributed by atoms with Crippen molar-refractivity contribution in [3.05, 3.63) is 75.0 Å². The maximum absolute atomic E-state index is 13.5. The second-order valence-corrected chi connectivity index (χ2v) is 9.84. The van der Waals surface area contributed by atoms with Crippen LogP contribution in [0.2, 0.25) is 0 Å². The third-order valence-electron chi connectivity index (χ3n) is 6.89.